The predicted molar refractivity (Wildman–Crippen MR) is 124 cm³/mol. The molecule has 276 valence electrons. The number of unbranched alkanes of at least 4 members (excludes halogenated alkanes) is 13. The van der Waals surface area contributed by atoms with E-state index in [0.717, 1.165) is 51.4 Å². The summed E-state index contributed by atoms with van der Waals surface area (Å²) in [5.74, 6) is -26.3. The van der Waals surface area contributed by atoms with Gasteiger partial charge in [0, 0.05) is 0 Å². The fourth-order valence-corrected chi connectivity index (χ4v) is 3.70. The highest BCUT2D eigenvalue weighted by molar-refractivity contribution is 5.78. The number of halogens is 17. The molecule has 0 aliphatic heterocycles. The molecular formula is C25H33F17O4. The van der Waals surface area contributed by atoms with Crippen molar-refractivity contribution in [1.82, 2.24) is 0 Å². The van der Waals surface area contributed by atoms with Crippen molar-refractivity contribution < 1.29 is 93.6 Å². The minimum atomic E-state index is -8.05. The lowest BCUT2D eigenvalue weighted by Gasteiger charge is -2.39. The van der Waals surface area contributed by atoms with Crippen LogP contribution in [0.3, 0.4) is 0 Å². The standard InChI is InChI=1S/C25H33F17O4/c1-2-3-4-5-6-7-8-9-10-11-12-13-14-15-16-44-17(43)18(26,21(30,31)32)45-25(41,42)20(29,23(36,37)38)46-24(39,40)19(27,28)22(33,34)35/h2-16H2,1H3. The fourth-order valence-electron chi connectivity index (χ4n) is 3.70. The van der Waals surface area contributed by atoms with Crippen LogP contribution in [0.25, 0.3) is 0 Å². The van der Waals surface area contributed by atoms with Crippen LogP contribution >= 0.6 is 0 Å². The van der Waals surface area contributed by atoms with Crippen molar-refractivity contribution in [3.05, 3.63) is 0 Å². The molecule has 0 fully saturated rings. The number of carbonyl (C=O) groups excluding carboxylic acids is 1. The first-order chi connectivity index (χ1) is 20.6. The zero-order valence-electron chi connectivity index (χ0n) is 24.2. The van der Waals surface area contributed by atoms with Crippen LogP contribution in [0, 0.1) is 0 Å². The molecule has 0 saturated carbocycles. The summed E-state index contributed by atoms with van der Waals surface area (Å²) in [5.41, 5.74) is 0. The third kappa shape index (κ3) is 11.7. The van der Waals surface area contributed by atoms with Gasteiger partial charge in [0.25, 0.3) is 0 Å². The van der Waals surface area contributed by atoms with Gasteiger partial charge in [0.15, 0.2) is 0 Å². The van der Waals surface area contributed by atoms with Gasteiger partial charge in [-0.05, 0) is 6.42 Å². The summed E-state index contributed by atoms with van der Waals surface area (Å²) in [5, 5.41) is 0. The van der Waals surface area contributed by atoms with E-state index in [-0.39, 0.29) is 12.8 Å². The molecule has 0 bridgehead atoms. The monoisotopic (exact) mass is 720 g/mol. The SMILES string of the molecule is CCCCCCCCCCCCCCCCOC(=O)C(F)(OC(F)(F)C(F)(OC(F)(F)C(F)(F)C(F)(F)F)C(F)(F)F)C(F)(F)F. The van der Waals surface area contributed by atoms with E-state index in [0.29, 0.717) is 12.8 Å². The number of hydrogen-bond acceptors (Lipinski definition) is 4. The highest BCUT2D eigenvalue weighted by Gasteiger charge is 2.85. The van der Waals surface area contributed by atoms with Crippen molar-refractivity contribution in [2.75, 3.05) is 6.61 Å². The van der Waals surface area contributed by atoms with Crippen molar-refractivity contribution in [3.8, 4) is 0 Å². The molecule has 0 N–H and O–H groups in total. The molecule has 0 rings (SSSR count). The molecule has 0 aliphatic rings. The Morgan fingerprint density at radius 1 is 0.457 bits per heavy atom. The van der Waals surface area contributed by atoms with Crippen molar-refractivity contribution in [3.63, 3.8) is 0 Å². The van der Waals surface area contributed by atoms with E-state index in [1.54, 1.807) is 0 Å². The van der Waals surface area contributed by atoms with Crippen molar-refractivity contribution in [2.24, 2.45) is 0 Å². The van der Waals surface area contributed by atoms with Crippen LogP contribution in [-0.2, 0) is 19.0 Å². The first kappa shape index (κ1) is 44.2. The van der Waals surface area contributed by atoms with Crippen LogP contribution in [0.4, 0.5) is 74.6 Å². The smallest absolute Gasteiger partial charge is 0.461 e. The highest BCUT2D eigenvalue weighted by atomic mass is 19.4. The lowest BCUT2D eigenvalue weighted by molar-refractivity contribution is -0.548. The number of ether oxygens (including phenoxy) is 3. The third-order valence-electron chi connectivity index (χ3n) is 6.36. The molecule has 0 aromatic heterocycles. The van der Waals surface area contributed by atoms with Crippen LogP contribution in [0.5, 0.6) is 0 Å². The van der Waals surface area contributed by atoms with Gasteiger partial charge in [0.05, 0.1) is 6.61 Å². The van der Waals surface area contributed by atoms with Gasteiger partial charge in [-0.25, -0.2) is 4.79 Å². The van der Waals surface area contributed by atoms with E-state index in [2.05, 4.69) is 11.7 Å². The summed E-state index contributed by atoms with van der Waals surface area (Å²) in [4.78, 5) is 11.6. The zero-order chi connectivity index (χ0) is 36.3. The Balaban J connectivity index is 5.32. The van der Waals surface area contributed by atoms with E-state index < -0.39 is 61.0 Å². The molecule has 0 aromatic carbocycles. The van der Waals surface area contributed by atoms with Gasteiger partial charge in [-0.1, -0.05) is 90.4 Å². The Morgan fingerprint density at radius 3 is 1.15 bits per heavy atom. The fraction of sp³-hybridized carbons (Fsp3) is 0.960. The summed E-state index contributed by atoms with van der Waals surface area (Å²) in [6, 6.07) is 0. The average Bonchev–Trinajstić information content (AvgIpc) is 2.88. The second kappa shape index (κ2) is 17.0. The molecule has 0 aromatic rings. The molecule has 2 atom stereocenters. The van der Waals surface area contributed by atoms with E-state index in [9.17, 15) is 79.4 Å². The number of esters is 1. The summed E-state index contributed by atoms with van der Waals surface area (Å²) in [7, 11) is 0. The molecule has 21 heteroatoms. The van der Waals surface area contributed by atoms with E-state index in [1.165, 1.54) is 17.6 Å². The Labute approximate surface area is 252 Å². The average molecular weight is 721 g/mol. The number of carbonyl (C=O) groups is 1. The summed E-state index contributed by atoms with van der Waals surface area (Å²) in [6.07, 6.45) is -27.5. The largest absolute Gasteiger partial charge is 0.462 e. The van der Waals surface area contributed by atoms with Crippen molar-refractivity contribution in [2.45, 2.75) is 145 Å². The van der Waals surface area contributed by atoms with Gasteiger partial charge < -0.3 is 4.74 Å². The maximum atomic E-state index is 14.4. The molecule has 0 spiro atoms. The second-order valence-electron chi connectivity index (χ2n) is 10.2. The molecule has 0 aliphatic carbocycles. The Kier molecular flexibility index (Phi) is 16.4. The van der Waals surface area contributed by atoms with Crippen LogP contribution in [0.2, 0.25) is 0 Å². The first-order valence-corrected chi connectivity index (χ1v) is 13.9. The predicted octanol–water partition coefficient (Wildman–Crippen LogP) is 10.9. The first-order valence-electron chi connectivity index (χ1n) is 13.9. The van der Waals surface area contributed by atoms with Crippen LogP contribution < -0.4 is 0 Å². The van der Waals surface area contributed by atoms with Crippen LogP contribution in [-0.4, -0.2) is 61.0 Å². The quantitative estimate of drug-likeness (QED) is 0.0635. The lowest BCUT2D eigenvalue weighted by Crippen LogP contribution is -2.68. The minimum Gasteiger partial charge on any atom is -0.461 e. The molecule has 0 saturated heterocycles. The summed E-state index contributed by atoms with van der Waals surface area (Å²) >= 11 is 0. The Bertz CT molecular complexity index is 904. The van der Waals surface area contributed by atoms with E-state index >= 15 is 0 Å². The van der Waals surface area contributed by atoms with Crippen molar-refractivity contribution >= 4 is 5.97 Å². The third-order valence-corrected chi connectivity index (χ3v) is 6.36. The maximum Gasteiger partial charge on any atom is 0.462 e. The second-order valence-corrected chi connectivity index (χ2v) is 10.2. The number of hydrogen-bond donors (Lipinski definition) is 0. The molecule has 46 heavy (non-hydrogen) atoms. The van der Waals surface area contributed by atoms with Gasteiger partial charge in [-0.3, -0.25) is 9.47 Å². The van der Waals surface area contributed by atoms with Gasteiger partial charge in [-0.2, -0.15) is 74.6 Å². The molecule has 2 unspecified atom stereocenters. The molecule has 4 nitrogen and oxygen atoms in total. The zero-order valence-corrected chi connectivity index (χ0v) is 24.2. The normalized spacial score (nSPS) is 16.7. The molecule has 0 amide bonds. The topological polar surface area (TPSA) is 44.8 Å². The number of rotatable bonds is 22. The van der Waals surface area contributed by atoms with E-state index in [4.69, 9.17) is 0 Å². The summed E-state index contributed by atoms with van der Waals surface area (Å²) in [6.45, 7) is 0.887. The summed E-state index contributed by atoms with van der Waals surface area (Å²) < 4.78 is 231. The molecule has 0 heterocycles. The van der Waals surface area contributed by atoms with Gasteiger partial charge in [-0.15, -0.1) is 0 Å². The highest BCUT2D eigenvalue weighted by Crippen LogP contribution is 2.56. The minimum absolute atomic E-state index is 0.0883. The van der Waals surface area contributed by atoms with Gasteiger partial charge in [0.1, 0.15) is 0 Å². The number of alkyl halides is 17. The Morgan fingerprint density at radius 2 is 0.826 bits per heavy atom. The van der Waals surface area contributed by atoms with Crippen LogP contribution in [0.1, 0.15) is 96.8 Å². The van der Waals surface area contributed by atoms with Crippen LogP contribution in [0.15, 0.2) is 0 Å². The lowest BCUT2D eigenvalue weighted by atomic mass is 10.0. The molecular weight excluding hydrogens is 687 g/mol. The van der Waals surface area contributed by atoms with Gasteiger partial charge in [0.2, 0.25) is 0 Å². The van der Waals surface area contributed by atoms with E-state index in [1.807, 2.05) is 4.74 Å². The Hall–Kier alpha value is -1.80. The molecule has 0 radical (unpaired) electrons. The maximum absolute atomic E-state index is 14.4. The van der Waals surface area contributed by atoms with Crippen molar-refractivity contribution in [1.29, 1.82) is 0 Å². The van der Waals surface area contributed by atoms with Gasteiger partial charge >= 0.3 is 54.3 Å².